The summed E-state index contributed by atoms with van der Waals surface area (Å²) in [5.41, 5.74) is 0. The van der Waals surface area contributed by atoms with Crippen LogP contribution in [0.4, 0.5) is 0 Å². The number of carbonyl (C=O) groups excluding carboxylic acids is 1. The molecule has 0 aliphatic carbocycles. The van der Waals surface area contributed by atoms with E-state index in [4.69, 9.17) is 0 Å². The summed E-state index contributed by atoms with van der Waals surface area (Å²) in [6, 6.07) is 0. The number of Topliss-reactive ketones (excluding diaryl/α,β-unsaturated/α-hetero) is 1. The van der Waals surface area contributed by atoms with Crippen LogP contribution in [0.5, 0.6) is 0 Å². The van der Waals surface area contributed by atoms with Crippen LogP contribution in [0.2, 0.25) is 0 Å². The maximum atomic E-state index is 11.6. The lowest BCUT2D eigenvalue weighted by atomic mass is 10.1. The van der Waals surface area contributed by atoms with Gasteiger partial charge in [0.05, 0.1) is 0 Å². The van der Waals surface area contributed by atoms with Crippen molar-refractivity contribution in [3.05, 3.63) is 36.5 Å². The zero-order chi connectivity index (χ0) is 15.5. The SMILES string of the molecule is C\C=C/C=C\C=C\CN1CCN(CCC(=O)C(C)C)CC1. The molecule has 0 bridgehead atoms. The lowest BCUT2D eigenvalue weighted by molar-refractivity contribution is -0.122. The summed E-state index contributed by atoms with van der Waals surface area (Å²) in [5, 5.41) is 0. The molecule has 0 aromatic rings. The summed E-state index contributed by atoms with van der Waals surface area (Å²) in [7, 11) is 0. The molecule has 1 fully saturated rings. The number of rotatable bonds is 8. The molecule has 0 aromatic heterocycles. The minimum Gasteiger partial charge on any atom is -0.300 e. The third-order valence-electron chi connectivity index (χ3n) is 3.81. The molecule has 0 saturated carbocycles. The van der Waals surface area contributed by atoms with Gasteiger partial charge in [-0.25, -0.2) is 0 Å². The third kappa shape index (κ3) is 7.98. The van der Waals surface area contributed by atoms with Crippen LogP contribution in [-0.4, -0.2) is 54.9 Å². The van der Waals surface area contributed by atoms with E-state index in [9.17, 15) is 4.79 Å². The van der Waals surface area contributed by atoms with Crippen molar-refractivity contribution in [2.24, 2.45) is 5.92 Å². The van der Waals surface area contributed by atoms with Crippen LogP contribution < -0.4 is 0 Å². The standard InChI is InChI=1S/C18H30N2O/c1-4-5-6-7-8-9-11-19-13-15-20(16-14-19)12-10-18(21)17(2)3/h4-9,17H,10-16H2,1-3H3/b5-4-,7-6-,9-8+. The average molecular weight is 290 g/mol. The largest absolute Gasteiger partial charge is 0.300 e. The van der Waals surface area contributed by atoms with E-state index in [-0.39, 0.29) is 5.92 Å². The van der Waals surface area contributed by atoms with Gasteiger partial charge in [-0.15, -0.1) is 0 Å². The van der Waals surface area contributed by atoms with Crippen molar-refractivity contribution in [1.82, 2.24) is 9.80 Å². The van der Waals surface area contributed by atoms with Gasteiger partial charge in [0.25, 0.3) is 0 Å². The van der Waals surface area contributed by atoms with E-state index >= 15 is 0 Å². The second-order valence-electron chi connectivity index (χ2n) is 5.85. The van der Waals surface area contributed by atoms with Crippen LogP contribution in [0.1, 0.15) is 27.2 Å². The first-order valence-corrected chi connectivity index (χ1v) is 8.05. The van der Waals surface area contributed by atoms with Gasteiger partial charge >= 0.3 is 0 Å². The minimum atomic E-state index is 0.173. The van der Waals surface area contributed by atoms with Crippen LogP contribution in [0, 0.1) is 5.92 Å². The molecule has 1 aliphatic rings. The first kappa shape index (κ1) is 17.9. The van der Waals surface area contributed by atoms with Crippen molar-refractivity contribution < 1.29 is 4.79 Å². The molecule has 21 heavy (non-hydrogen) atoms. The van der Waals surface area contributed by atoms with Crippen LogP contribution >= 0.6 is 0 Å². The van der Waals surface area contributed by atoms with Gasteiger partial charge < -0.3 is 4.90 Å². The number of nitrogens with zero attached hydrogens (tertiary/aromatic N) is 2. The molecule has 1 heterocycles. The zero-order valence-corrected chi connectivity index (χ0v) is 13.8. The maximum Gasteiger partial charge on any atom is 0.136 e. The predicted octanol–water partition coefficient (Wildman–Crippen LogP) is 2.91. The zero-order valence-electron chi connectivity index (χ0n) is 13.8. The molecule has 0 amide bonds. The molecule has 0 spiro atoms. The summed E-state index contributed by atoms with van der Waals surface area (Å²) in [6.45, 7) is 12.3. The van der Waals surface area contributed by atoms with Gasteiger partial charge in [0.1, 0.15) is 5.78 Å². The van der Waals surface area contributed by atoms with Crippen molar-refractivity contribution in [3.8, 4) is 0 Å². The van der Waals surface area contributed by atoms with Crippen LogP contribution in [0.15, 0.2) is 36.5 Å². The Morgan fingerprint density at radius 3 is 2.24 bits per heavy atom. The molecule has 0 unspecified atom stereocenters. The van der Waals surface area contributed by atoms with E-state index in [0.29, 0.717) is 12.2 Å². The Morgan fingerprint density at radius 2 is 1.62 bits per heavy atom. The normalized spacial score (nSPS) is 18.7. The Bertz CT molecular complexity index is 375. The van der Waals surface area contributed by atoms with Crippen molar-refractivity contribution in [1.29, 1.82) is 0 Å². The van der Waals surface area contributed by atoms with Gasteiger partial charge in [-0.05, 0) is 6.92 Å². The molecule has 0 radical (unpaired) electrons. The molecule has 3 nitrogen and oxygen atoms in total. The van der Waals surface area contributed by atoms with E-state index in [1.54, 1.807) is 0 Å². The number of hydrogen-bond donors (Lipinski definition) is 0. The first-order chi connectivity index (χ1) is 10.1. The summed E-state index contributed by atoms with van der Waals surface area (Å²) in [5.74, 6) is 0.556. The quantitative estimate of drug-likeness (QED) is 0.642. The molecule has 0 aromatic carbocycles. The van der Waals surface area contributed by atoms with E-state index in [1.165, 1.54) is 0 Å². The highest BCUT2D eigenvalue weighted by atomic mass is 16.1. The number of piperazine rings is 1. The molecule has 0 atom stereocenters. The summed E-state index contributed by atoms with van der Waals surface area (Å²) < 4.78 is 0. The lowest BCUT2D eigenvalue weighted by Gasteiger charge is -2.34. The van der Waals surface area contributed by atoms with Crippen molar-refractivity contribution in [2.75, 3.05) is 39.3 Å². The molecule has 1 saturated heterocycles. The highest BCUT2D eigenvalue weighted by molar-refractivity contribution is 5.80. The van der Waals surface area contributed by atoms with Gasteiger partial charge in [0, 0.05) is 51.6 Å². The lowest BCUT2D eigenvalue weighted by Crippen LogP contribution is -2.46. The number of allylic oxidation sites excluding steroid dienone is 5. The Balaban J connectivity index is 2.16. The monoisotopic (exact) mass is 290 g/mol. The summed E-state index contributed by atoms with van der Waals surface area (Å²) in [6.07, 6.45) is 13.2. The smallest absolute Gasteiger partial charge is 0.136 e. The van der Waals surface area contributed by atoms with E-state index in [2.05, 4.69) is 28.0 Å². The second-order valence-corrected chi connectivity index (χ2v) is 5.85. The molecule has 1 aliphatic heterocycles. The van der Waals surface area contributed by atoms with Crippen LogP contribution in [0.25, 0.3) is 0 Å². The third-order valence-corrected chi connectivity index (χ3v) is 3.81. The van der Waals surface area contributed by atoms with E-state index < -0.39 is 0 Å². The molecular weight excluding hydrogens is 260 g/mol. The van der Waals surface area contributed by atoms with E-state index in [1.807, 2.05) is 39.0 Å². The minimum absolute atomic E-state index is 0.173. The van der Waals surface area contributed by atoms with Gasteiger partial charge in [0.15, 0.2) is 0 Å². The Kier molecular flexibility index (Phi) is 8.95. The molecule has 0 N–H and O–H groups in total. The number of hydrogen-bond acceptors (Lipinski definition) is 3. The molecule has 118 valence electrons. The van der Waals surface area contributed by atoms with Gasteiger partial charge in [-0.3, -0.25) is 9.69 Å². The average Bonchev–Trinajstić information content (AvgIpc) is 2.49. The van der Waals surface area contributed by atoms with Gasteiger partial charge in [-0.2, -0.15) is 0 Å². The van der Waals surface area contributed by atoms with Crippen molar-refractivity contribution in [2.45, 2.75) is 27.2 Å². The number of ketones is 1. The topological polar surface area (TPSA) is 23.6 Å². The fourth-order valence-electron chi connectivity index (χ4n) is 2.28. The predicted molar refractivity (Wildman–Crippen MR) is 90.4 cm³/mol. The van der Waals surface area contributed by atoms with Crippen molar-refractivity contribution in [3.63, 3.8) is 0 Å². The Hall–Kier alpha value is -1.19. The van der Waals surface area contributed by atoms with E-state index in [0.717, 1.165) is 39.3 Å². The summed E-state index contributed by atoms with van der Waals surface area (Å²) in [4.78, 5) is 16.5. The number of carbonyl (C=O) groups is 1. The first-order valence-electron chi connectivity index (χ1n) is 8.05. The van der Waals surface area contributed by atoms with Gasteiger partial charge in [-0.1, -0.05) is 50.3 Å². The Labute approximate surface area is 130 Å². The summed E-state index contributed by atoms with van der Waals surface area (Å²) >= 11 is 0. The fraction of sp³-hybridized carbons (Fsp3) is 0.611. The highest BCUT2D eigenvalue weighted by Gasteiger charge is 2.17. The Morgan fingerprint density at radius 1 is 1.00 bits per heavy atom. The van der Waals surface area contributed by atoms with Crippen LogP contribution in [-0.2, 0) is 4.79 Å². The highest BCUT2D eigenvalue weighted by Crippen LogP contribution is 2.05. The fourth-order valence-corrected chi connectivity index (χ4v) is 2.28. The maximum absolute atomic E-state index is 11.6. The molecular formula is C18H30N2O. The second kappa shape index (κ2) is 10.5. The molecule has 3 heteroatoms. The van der Waals surface area contributed by atoms with Crippen molar-refractivity contribution >= 4 is 5.78 Å². The van der Waals surface area contributed by atoms with Gasteiger partial charge in [0.2, 0.25) is 0 Å². The van der Waals surface area contributed by atoms with Crippen LogP contribution in [0.3, 0.4) is 0 Å². The molecule has 1 rings (SSSR count).